The van der Waals surface area contributed by atoms with Crippen LogP contribution in [0.2, 0.25) is 0 Å². The zero-order chi connectivity index (χ0) is 16.1. The Labute approximate surface area is 143 Å². The zero-order valence-electron chi connectivity index (χ0n) is 14.2. The molecule has 2 aliphatic heterocycles. The standard InChI is InChI=1S/C22H23NO/c1-23-18-6-4-13-22(23,14-12-18)24-19-11-10-17-9-8-16-5-2-3-7-20(16)21(17)15-19/h2-3,5,7-11,15,18H,4,6,12-14H2,1H3. The highest BCUT2D eigenvalue weighted by molar-refractivity contribution is 6.07. The molecule has 2 saturated heterocycles. The molecule has 2 bridgehead atoms. The van der Waals surface area contributed by atoms with Gasteiger partial charge in [-0.25, -0.2) is 0 Å². The summed E-state index contributed by atoms with van der Waals surface area (Å²) >= 11 is 0. The molecule has 24 heavy (non-hydrogen) atoms. The van der Waals surface area contributed by atoms with Gasteiger partial charge in [-0.15, -0.1) is 0 Å². The van der Waals surface area contributed by atoms with E-state index in [1.165, 1.54) is 40.8 Å². The lowest BCUT2D eigenvalue weighted by atomic mass is 9.99. The molecule has 0 spiro atoms. The van der Waals surface area contributed by atoms with Crippen molar-refractivity contribution in [1.29, 1.82) is 0 Å². The van der Waals surface area contributed by atoms with Gasteiger partial charge in [0.15, 0.2) is 5.72 Å². The maximum absolute atomic E-state index is 6.63. The van der Waals surface area contributed by atoms with E-state index in [2.05, 4.69) is 66.5 Å². The number of fused-ring (bicyclic) bond motifs is 5. The first-order chi connectivity index (χ1) is 11.8. The van der Waals surface area contributed by atoms with Crippen LogP contribution >= 0.6 is 0 Å². The number of ether oxygens (including phenoxy) is 1. The maximum Gasteiger partial charge on any atom is 0.163 e. The molecule has 3 aromatic rings. The van der Waals surface area contributed by atoms with E-state index in [1.807, 2.05) is 0 Å². The Balaban J connectivity index is 1.59. The van der Waals surface area contributed by atoms with E-state index in [4.69, 9.17) is 4.74 Å². The van der Waals surface area contributed by atoms with E-state index >= 15 is 0 Å². The average molecular weight is 317 g/mol. The van der Waals surface area contributed by atoms with Crippen LogP contribution in [-0.4, -0.2) is 23.7 Å². The van der Waals surface area contributed by atoms with Crippen LogP contribution in [0, 0.1) is 0 Å². The largest absolute Gasteiger partial charge is 0.473 e. The van der Waals surface area contributed by atoms with E-state index in [-0.39, 0.29) is 5.72 Å². The van der Waals surface area contributed by atoms with Crippen LogP contribution < -0.4 is 4.74 Å². The van der Waals surface area contributed by atoms with E-state index in [0.29, 0.717) is 6.04 Å². The SMILES string of the molecule is CN1C2CCCC1(Oc1ccc3ccc4ccccc4c3c1)CC2. The first kappa shape index (κ1) is 14.3. The highest BCUT2D eigenvalue weighted by Crippen LogP contribution is 2.44. The van der Waals surface area contributed by atoms with Crippen molar-refractivity contribution in [2.75, 3.05) is 7.05 Å². The van der Waals surface area contributed by atoms with Gasteiger partial charge >= 0.3 is 0 Å². The second-order valence-corrected chi connectivity index (χ2v) is 7.41. The number of nitrogens with zero attached hydrogens (tertiary/aromatic N) is 1. The van der Waals surface area contributed by atoms with Crippen LogP contribution in [0.15, 0.2) is 54.6 Å². The van der Waals surface area contributed by atoms with Gasteiger partial charge in [0, 0.05) is 18.9 Å². The van der Waals surface area contributed by atoms with Gasteiger partial charge in [-0.2, -0.15) is 0 Å². The molecule has 2 fully saturated rings. The first-order valence-corrected chi connectivity index (χ1v) is 9.09. The topological polar surface area (TPSA) is 12.5 Å². The van der Waals surface area contributed by atoms with E-state index in [1.54, 1.807) is 0 Å². The fourth-order valence-corrected chi connectivity index (χ4v) is 4.79. The summed E-state index contributed by atoms with van der Waals surface area (Å²) in [5.74, 6) is 1.01. The number of piperidine rings is 1. The zero-order valence-corrected chi connectivity index (χ0v) is 14.2. The number of rotatable bonds is 2. The van der Waals surface area contributed by atoms with E-state index in [9.17, 15) is 0 Å². The Morgan fingerprint density at radius 2 is 1.71 bits per heavy atom. The van der Waals surface area contributed by atoms with E-state index in [0.717, 1.165) is 18.6 Å². The van der Waals surface area contributed by atoms with Crippen molar-refractivity contribution in [3.8, 4) is 5.75 Å². The quantitative estimate of drug-likeness (QED) is 0.591. The van der Waals surface area contributed by atoms with Crippen molar-refractivity contribution >= 4 is 21.5 Å². The van der Waals surface area contributed by atoms with Gasteiger partial charge in [-0.05, 0) is 60.0 Å². The molecule has 2 aliphatic rings. The molecule has 2 heteroatoms. The van der Waals surface area contributed by atoms with Crippen molar-refractivity contribution in [2.45, 2.75) is 43.9 Å². The molecule has 2 unspecified atom stereocenters. The Kier molecular flexibility index (Phi) is 3.11. The Morgan fingerprint density at radius 1 is 0.917 bits per heavy atom. The molecular formula is C22H23NO. The number of benzene rings is 3. The summed E-state index contributed by atoms with van der Waals surface area (Å²) in [6.45, 7) is 0. The second-order valence-electron chi connectivity index (χ2n) is 7.41. The molecule has 0 aromatic heterocycles. The summed E-state index contributed by atoms with van der Waals surface area (Å²) in [7, 11) is 2.24. The van der Waals surface area contributed by atoms with Gasteiger partial charge in [0.25, 0.3) is 0 Å². The molecule has 2 nitrogen and oxygen atoms in total. The predicted octanol–water partition coefficient (Wildman–Crippen LogP) is 5.35. The molecule has 0 amide bonds. The highest BCUT2D eigenvalue weighted by atomic mass is 16.5. The Hall–Kier alpha value is -2.06. The van der Waals surface area contributed by atoms with Crippen molar-refractivity contribution in [3.05, 3.63) is 54.6 Å². The lowest BCUT2D eigenvalue weighted by Crippen LogP contribution is -2.51. The molecule has 5 rings (SSSR count). The third-order valence-electron chi connectivity index (χ3n) is 6.19. The van der Waals surface area contributed by atoms with Crippen LogP contribution in [0.1, 0.15) is 32.1 Å². The van der Waals surface area contributed by atoms with Gasteiger partial charge in [-0.1, -0.05) is 42.5 Å². The highest BCUT2D eigenvalue weighted by Gasteiger charge is 2.48. The predicted molar refractivity (Wildman–Crippen MR) is 99.4 cm³/mol. The molecule has 122 valence electrons. The summed E-state index contributed by atoms with van der Waals surface area (Å²) in [6, 6.07) is 20.3. The fourth-order valence-electron chi connectivity index (χ4n) is 4.79. The molecule has 2 atom stereocenters. The van der Waals surface area contributed by atoms with Crippen LogP contribution in [0.3, 0.4) is 0 Å². The van der Waals surface area contributed by atoms with E-state index < -0.39 is 0 Å². The molecule has 2 heterocycles. The van der Waals surface area contributed by atoms with Gasteiger partial charge in [0.05, 0.1) is 0 Å². The number of hydrogen-bond acceptors (Lipinski definition) is 2. The summed E-state index contributed by atoms with van der Waals surface area (Å²) in [5.41, 5.74) is -0.0822. The third-order valence-corrected chi connectivity index (χ3v) is 6.19. The Bertz CT molecular complexity index is 914. The van der Waals surface area contributed by atoms with Gasteiger partial charge in [0.1, 0.15) is 5.75 Å². The van der Waals surface area contributed by atoms with Crippen molar-refractivity contribution in [3.63, 3.8) is 0 Å². The molecular weight excluding hydrogens is 294 g/mol. The monoisotopic (exact) mass is 317 g/mol. The average Bonchev–Trinajstić information content (AvgIpc) is 2.80. The first-order valence-electron chi connectivity index (χ1n) is 9.09. The Morgan fingerprint density at radius 3 is 2.62 bits per heavy atom. The summed E-state index contributed by atoms with van der Waals surface area (Å²) < 4.78 is 6.63. The third kappa shape index (κ3) is 2.06. The maximum atomic E-state index is 6.63. The summed E-state index contributed by atoms with van der Waals surface area (Å²) in [5, 5.41) is 5.16. The molecule has 0 radical (unpaired) electrons. The summed E-state index contributed by atoms with van der Waals surface area (Å²) in [4.78, 5) is 2.49. The lowest BCUT2D eigenvalue weighted by Gasteiger charge is -2.42. The minimum atomic E-state index is -0.0822. The smallest absolute Gasteiger partial charge is 0.163 e. The summed E-state index contributed by atoms with van der Waals surface area (Å²) in [6.07, 6.45) is 6.18. The normalized spacial score (nSPS) is 27.0. The van der Waals surface area contributed by atoms with Gasteiger partial charge < -0.3 is 4.74 Å². The van der Waals surface area contributed by atoms with Crippen LogP contribution in [-0.2, 0) is 0 Å². The molecule has 0 N–H and O–H groups in total. The lowest BCUT2D eigenvalue weighted by molar-refractivity contribution is -0.0822. The van der Waals surface area contributed by atoms with Crippen LogP contribution in [0.4, 0.5) is 0 Å². The van der Waals surface area contributed by atoms with Crippen molar-refractivity contribution < 1.29 is 4.74 Å². The van der Waals surface area contributed by atoms with Crippen molar-refractivity contribution in [2.24, 2.45) is 0 Å². The van der Waals surface area contributed by atoms with Crippen molar-refractivity contribution in [1.82, 2.24) is 4.90 Å². The van der Waals surface area contributed by atoms with Crippen LogP contribution in [0.5, 0.6) is 5.75 Å². The molecule has 0 saturated carbocycles. The number of hydrogen-bond donors (Lipinski definition) is 0. The molecule has 0 aliphatic carbocycles. The fraction of sp³-hybridized carbons (Fsp3) is 0.364. The van der Waals surface area contributed by atoms with Gasteiger partial charge in [0.2, 0.25) is 0 Å². The molecule has 3 aromatic carbocycles. The van der Waals surface area contributed by atoms with Crippen LogP contribution in [0.25, 0.3) is 21.5 Å². The van der Waals surface area contributed by atoms with Gasteiger partial charge in [-0.3, -0.25) is 4.90 Å². The minimum Gasteiger partial charge on any atom is -0.473 e. The minimum absolute atomic E-state index is 0.0822. The second kappa shape index (κ2) is 5.22.